The first-order valence-corrected chi connectivity index (χ1v) is 6.67. The zero-order valence-electron chi connectivity index (χ0n) is 9.27. The van der Waals surface area contributed by atoms with Gasteiger partial charge in [-0.25, -0.2) is 4.79 Å². The number of aliphatic carboxylic acids is 1. The van der Waals surface area contributed by atoms with E-state index in [9.17, 15) is 4.79 Å². The molecule has 1 aromatic rings. The maximum Gasteiger partial charge on any atom is 0.345 e. The molecule has 2 N–H and O–H groups in total. The van der Waals surface area contributed by atoms with Gasteiger partial charge in [-0.15, -0.1) is 11.3 Å². The first kappa shape index (κ1) is 13.6. The van der Waals surface area contributed by atoms with Gasteiger partial charge in [-0.1, -0.05) is 6.07 Å². The molecule has 0 aromatic carbocycles. The number of hydrogen-bond acceptors (Lipinski definition) is 5. The van der Waals surface area contributed by atoms with E-state index < -0.39 is 5.97 Å². The fraction of sp³-hybridized carbons (Fsp3) is 0.273. The number of thiophene rings is 1. The highest BCUT2D eigenvalue weighted by Crippen LogP contribution is 2.22. The lowest BCUT2D eigenvalue weighted by Gasteiger charge is -2.10. The molecule has 1 heterocycles. The minimum Gasteiger partial charge on any atom is -0.477 e. The van der Waals surface area contributed by atoms with Crippen LogP contribution in [0.2, 0.25) is 0 Å². The molecule has 0 saturated carbocycles. The largest absolute Gasteiger partial charge is 0.477 e. The minimum atomic E-state index is -1.07. The van der Waals surface area contributed by atoms with E-state index in [1.807, 2.05) is 29.8 Å². The topological polar surface area (TPSA) is 73.1 Å². The van der Waals surface area contributed by atoms with Gasteiger partial charge < -0.3 is 10.4 Å². The standard InChI is InChI=1S/C11H12N2O2S2/c1-2-13-9(6-8-4-3-5-16-8)10(11(14)15)17-7-12/h3-5,13H,2,6H2,1H3,(H,14,15)/b10-9+. The molecule has 4 nitrogen and oxygen atoms in total. The lowest BCUT2D eigenvalue weighted by atomic mass is 10.2. The zero-order chi connectivity index (χ0) is 12.7. The number of nitriles is 1. The summed E-state index contributed by atoms with van der Waals surface area (Å²) in [6.45, 7) is 2.52. The first-order valence-electron chi connectivity index (χ1n) is 4.97. The highest BCUT2D eigenvalue weighted by Gasteiger charge is 2.15. The van der Waals surface area contributed by atoms with Crippen LogP contribution < -0.4 is 5.32 Å². The van der Waals surface area contributed by atoms with Gasteiger partial charge in [-0.2, -0.15) is 5.26 Å². The normalized spacial score (nSPS) is 11.5. The summed E-state index contributed by atoms with van der Waals surface area (Å²) in [5, 5.41) is 24.5. The number of nitrogens with zero attached hydrogens (tertiary/aromatic N) is 1. The van der Waals surface area contributed by atoms with E-state index in [0.29, 0.717) is 30.4 Å². The number of carboxylic acid groups (broad SMARTS) is 1. The highest BCUT2D eigenvalue weighted by molar-refractivity contribution is 8.08. The monoisotopic (exact) mass is 268 g/mol. The van der Waals surface area contributed by atoms with E-state index >= 15 is 0 Å². The fourth-order valence-corrected chi connectivity index (χ4v) is 2.47. The molecule has 0 unspecified atom stereocenters. The van der Waals surface area contributed by atoms with Gasteiger partial charge in [0.15, 0.2) is 0 Å². The molecule has 0 fully saturated rings. The van der Waals surface area contributed by atoms with Crippen molar-refractivity contribution in [3.8, 4) is 5.40 Å². The summed E-state index contributed by atoms with van der Waals surface area (Å²) >= 11 is 2.25. The van der Waals surface area contributed by atoms with Gasteiger partial charge >= 0.3 is 5.97 Å². The van der Waals surface area contributed by atoms with Crippen LogP contribution in [0.3, 0.4) is 0 Å². The van der Waals surface area contributed by atoms with Crippen molar-refractivity contribution in [3.63, 3.8) is 0 Å². The Morgan fingerprint density at radius 2 is 2.47 bits per heavy atom. The third kappa shape index (κ3) is 4.13. The van der Waals surface area contributed by atoms with Crippen molar-refractivity contribution in [1.29, 1.82) is 5.26 Å². The number of carbonyl (C=O) groups is 1. The van der Waals surface area contributed by atoms with Crippen LogP contribution in [-0.2, 0) is 11.2 Å². The van der Waals surface area contributed by atoms with E-state index in [0.717, 1.165) is 4.88 Å². The summed E-state index contributed by atoms with van der Waals surface area (Å²) in [5.74, 6) is -1.07. The lowest BCUT2D eigenvalue weighted by molar-refractivity contribution is -0.131. The second-order valence-corrected chi connectivity index (χ2v) is 4.92. The number of nitrogens with one attached hydrogen (secondary N) is 1. The SMILES string of the molecule is CCN/C(Cc1cccs1)=C(/SC#N)C(=O)O. The molecule has 1 aromatic heterocycles. The molecule has 1 rings (SSSR count). The van der Waals surface area contributed by atoms with Crippen LogP contribution in [0, 0.1) is 10.7 Å². The van der Waals surface area contributed by atoms with Crippen molar-refractivity contribution in [2.45, 2.75) is 13.3 Å². The van der Waals surface area contributed by atoms with E-state index in [-0.39, 0.29) is 4.91 Å². The molecule has 90 valence electrons. The van der Waals surface area contributed by atoms with Crippen LogP contribution in [0.1, 0.15) is 11.8 Å². The zero-order valence-corrected chi connectivity index (χ0v) is 10.9. The van der Waals surface area contributed by atoms with Crippen LogP contribution in [0.4, 0.5) is 0 Å². The average molecular weight is 268 g/mol. The Morgan fingerprint density at radius 1 is 1.71 bits per heavy atom. The van der Waals surface area contributed by atoms with Gasteiger partial charge in [0.05, 0.1) is 0 Å². The van der Waals surface area contributed by atoms with E-state index in [4.69, 9.17) is 10.4 Å². The van der Waals surface area contributed by atoms with Crippen molar-refractivity contribution in [2.75, 3.05) is 6.54 Å². The molecular formula is C11H12N2O2S2. The number of likely N-dealkylation sites (N-methyl/N-ethyl adjacent to an activating group) is 1. The summed E-state index contributed by atoms with van der Waals surface area (Å²) in [5.41, 5.74) is 0.592. The summed E-state index contributed by atoms with van der Waals surface area (Å²) in [6, 6.07) is 3.86. The Balaban J connectivity index is 2.99. The number of carboxylic acids is 1. The van der Waals surface area contributed by atoms with Crippen LogP contribution in [-0.4, -0.2) is 17.6 Å². The van der Waals surface area contributed by atoms with Crippen LogP contribution in [0.5, 0.6) is 0 Å². The third-order valence-corrected chi connectivity index (χ3v) is 3.53. The average Bonchev–Trinajstić information content (AvgIpc) is 2.78. The smallest absolute Gasteiger partial charge is 0.345 e. The van der Waals surface area contributed by atoms with Gasteiger partial charge in [-0.05, 0) is 30.1 Å². The summed E-state index contributed by atoms with van der Waals surface area (Å²) in [4.78, 5) is 12.2. The molecule has 0 aliphatic carbocycles. The number of rotatable bonds is 6. The second kappa shape index (κ2) is 6.99. The molecule has 0 amide bonds. The predicted molar refractivity (Wildman–Crippen MR) is 69.6 cm³/mol. The van der Waals surface area contributed by atoms with Gasteiger partial charge in [0.2, 0.25) is 0 Å². The van der Waals surface area contributed by atoms with Gasteiger partial charge in [0, 0.05) is 23.5 Å². The molecular weight excluding hydrogens is 256 g/mol. The Labute approximate surface area is 108 Å². The quantitative estimate of drug-likeness (QED) is 0.612. The van der Waals surface area contributed by atoms with Crippen molar-refractivity contribution in [2.24, 2.45) is 0 Å². The number of thioether (sulfide) groups is 1. The summed E-state index contributed by atoms with van der Waals surface area (Å²) in [7, 11) is 0. The molecule has 0 aliphatic heterocycles. The Kier molecular flexibility index (Phi) is 5.60. The first-order chi connectivity index (χ1) is 8.19. The van der Waals surface area contributed by atoms with Crippen molar-refractivity contribution in [1.82, 2.24) is 5.32 Å². The van der Waals surface area contributed by atoms with Gasteiger partial charge in [0.25, 0.3) is 0 Å². The molecule has 0 spiro atoms. The maximum atomic E-state index is 11.1. The Hall–Kier alpha value is -1.45. The molecule has 0 bridgehead atoms. The number of hydrogen-bond donors (Lipinski definition) is 2. The third-order valence-electron chi connectivity index (χ3n) is 1.94. The Morgan fingerprint density at radius 3 is 2.94 bits per heavy atom. The van der Waals surface area contributed by atoms with Crippen LogP contribution >= 0.6 is 23.1 Å². The number of thiocyanates is 1. The van der Waals surface area contributed by atoms with Crippen molar-refractivity contribution >= 4 is 29.1 Å². The van der Waals surface area contributed by atoms with Gasteiger partial charge in [-0.3, -0.25) is 0 Å². The fourth-order valence-electron chi connectivity index (χ4n) is 1.30. The van der Waals surface area contributed by atoms with E-state index in [2.05, 4.69) is 5.32 Å². The summed E-state index contributed by atoms with van der Waals surface area (Å²) in [6.07, 6.45) is 0.516. The second-order valence-electron chi connectivity index (χ2n) is 3.09. The molecule has 6 heteroatoms. The molecule has 0 saturated heterocycles. The molecule has 0 radical (unpaired) electrons. The van der Waals surface area contributed by atoms with Gasteiger partial charge in [0.1, 0.15) is 10.3 Å². The van der Waals surface area contributed by atoms with E-state index in [1.54, 1.807) is 11.3 Å². The van der Waals surface area contributed by atoms with Crippen LogP contribution in [0.15, 0.2) is 28.1 Å². The molecule has 0 aliphatic rings. The van der Waals surface area contributed by atoms with Crippen molar-refractivity contribution < 1.29 is 9.90 Å². The maximum absolute atomic E-state index is 11.1. The summed E-state index contributed by atoms with van der Waals surface area (Å²) < 4.78 is 0. The predicted octanol–water partition coefficient (Wildman–Crippen LogP) is 2.41. The lowest BCUT2D eigenvalue weighted by Crippen LogP contribution is -2.18. The van der Waals surface area contributed by atoms with Crippen molar-refractivity contribution in [3.05, 3.63) is 33.0 Å². The molecule has 17 heavy (non-hydrogen) atoms. The molecule has 0 atom stereocenters. The number of allylic oxidation sites excluding steroid dienone is 1. The Bertz CT molecular complexity index is 447. The van der Waals surface area contributed by atoms with Crippen LogP contribution in [0.25, 0.3) is 0 Å². The van der Waals surface area contributed by atoms with E-state index in [1.165, 1.54) is 0 Å². The minimum absolute atomic E-state index is 0.0720. The highest BCUT2D eigenvalue weighted by atomic mass is 32.2.